The highest BCUT2D eigenvalue weighted by Gasteiger charge is 2.52. The molecule has 2 aliphatic rings. The third kappa shape index (κ3) is 2.95. The van der Waals surface area contributed by atoms with Gasteiger partial charge in [0.05, 0.1) is 23.2 Å². The molecular weight excluding hydrogens is 238 g/mol. The lowest BCUT2D eigenvalue weighted by molar-refractivity contribution is -0.156. The maximum atomic E-state index is 11.2. The molecule has 0 amide bonds. The molecule has 1 aliphatic carbocycles. The SMILES string of the molecule is CCCC1CC(O)(C2(C#N)CCCCCC2)CCO1. The average molecular weight is 265 g/mol. The summed E-state index contributed by atoms with van der Waals surface area (Å²) in [4.78, 5) is 0. The van der Waals surface area contributed by atoms with Gasteiger partial charge < -0.3 is 9.84 Å². The van der Waals surface area contributed by atoms with Crippen LogP contribution in [0.2, 0.25) is 0 Å². The molecular formula is C16H27NO2. The second kappa shape index (κ2) is 6.24. The highest BCUT2D eigenvalue weighted by atomic mass is 16.5. The van der Waals surface area contributed by atoms with E-state index in [4.69, 9.17) is 4.74 Å². The number of rotatable bonds is 3. The zero-order chi connectivity index (χ0) is 13.8. The quantitative estimate of drug-likeness (QED) is 0.794. The van der Waals surface area contributed by atoms with Crippen LogP contribution in [0.4, 0.5) is 0 Å². The molecule has 108 valence electrons. The van der Waals surface area contributed by atoms with E-state index in [0.717, 1.165) is 38.5 Å². The number of nitrogens with zero attached hydrogens (tertiary/aromatic N) is 1. The van der Waals surface area contributed by atoms with Gasteiger partial charge in [-0.1, -0.05) is 39.0 Å². The molecule has 2 unspecified atom stereocenters. The van der Waals surface area contributed by atoms with Gasteiger partial charge in [0.15, 0.2) is 0 Å². The second-order valence-electron chi connectivity index (χ2n) is 6.38. The highest BCUT2D eigenvalue weighted by molar-refractivity contribution is 5.13. The molecule has 2 rings (SSSR count). The summed E-state index contributed by atoms with van der Waals surface area (Å²) in [5.41, 5.74) is -1.36. The highest BCUT2D eigenvalue weighted by Crippen LogP contribution is 2.49. The summed E-state index contributed by atoms with van der Waals surface area (Å²) in [5, 5.41) is 20.9. The van der Waals surface area contributed by atoms with Crippen molar-refractivity contribution in [3.05, 3.63) is 0 Å². The molecule has 3 nitrogen and oxygen atoms in total. The normalized spacial score (nSPS) is 35.3. The summed E-state index contributed by atoms with van der Waals surface area (Å²) in [6, 6.07) is 2.52. The molecule has 0 aromatic carbocycles. The lowest BCUT2D eigenvalue weighted by Crippen LogP contribution is -2.53. The Hall–Kier alpha value is -0.590. The lowest BCUT2D eigenvalue weighted by atomic mass is 9.63. The molecule has 3 heteroatoms. The summed E-state index contributed by atoms with van der Waals surface area (Å²) < 4.78 is 5.76. The fourth-order valence-electron chi connectivity index (χ4n) is 3.89. The Balaban J connectivity index is 2.17. The molecule has 0 radical (unpaired) electrons. The fourth-order valence-corrected chi connectivity index (χ4v) is 3.89. The standard InChI is InChI=1S/C16H27NO2/c1-2-7-14-12-16(18,10-11-19-14)15(13-17)8-5-3-4-6-9-15/h14,18H,2-12H2,1H3. The van der Waals surface area contributed by atoms with Crippen LogP contribution in [0.1, 0.15) is 71.1 Å². The van der Waals surface area contributed by atoms with Gasteiger partial charge in [0.1, 0.15) is 0 Å². The molecule has 0 spiro atoms. The van der Waals surface area contributed by atoms with E-state index < -0.39 is 11.0 Å². The minimum absolute atomic E-state index is 0.136. The number of nitriles is 1. The largest absolute Gasteiger partial charge is 0.388 e. The van der Waals surface area contributed by atoms with Crippen molar-refractivity contribution in [3.8, 4) is 6.07 Å². The third-order valence-electron chi connectivity index (χ3n) is 5.11. The number of aliphatic hydroxyl groups is 1. The van der Waals surface area contributed by atoms with Crippen molar-refractivity contribution >= 4 is 0 Å². The van der Waals surface area contributed by atoms with Gasteiger partial charge in [0.2, 0.25) is 0 Å². The van der Waals surface area contributed by atoms with E-state index in [9.17, 15) is 10.4 Å². The van der Waals surface area contributed by atoms with Crippen molar-refractivity contribution in [2.75, 3.05) is 6.61 Å². The van der Waals surface area contributed by atoms with Crippen LogP contribution in [0.5, 0.6) is 0 Å². The van der Waals surface area contributed by atoms with Crippen molar-refractivity contribution in [2.24, 2.45) is 5.41 Å². The van der Waals surface area contributed by atoms with Gasteiger partial charge in [-0.05, 0) is 19.3 Å². The van der Waals surface area contributed by atoms with Crippen LogP contribution in [0.25, 0.3) is 0 Å². The molecule has 0 aromatic rings. The Morgan fingerprint density at radius 1 is 1.21 bits per heavy atom. The Morgan fingerprint density at radius 2 is 1.89 bits per heavy atom. The maximum Gasteiger partial charge on any atom is 0.0879 e. The van der Waals surface area contributed by atoms with E-state index in [-0.39, 0.29) is 6.10 Å². The van der Waals surface area contributed by atoms with Crippen LogP contribution in [0, 0.1) is 16.7 Å². The molecule has 1 aliphatic heterocycles. The van der Waals surface area contributed by atoms with Gasteiger partial charge in [0, 0.05) is 19.4 Å². The first-order chi connectivity index (χ1) is 9.16. The molecule has 1 N–H and O–H groups in total. The number of ether oxygens (including phenoxy) is 1. The molecule has 0 aromatic heterocycles. The van der Waals surface area contributed by atoms with Crippen LogP contribution in [0.3, 0.4) is 0 Å². The first-order valence-corrected chi connectivity index (χ1v) is 7.91. The first-order valence-electron chi connectivity index (χ1n) is 7.91. The van der Waals surface area contributed by atoms with Crippen molar-refractivity contribution in [1.82, 2.24) is 0 Å². The van der Waals surface area contributed by atoms with Crippen molar-refractivity contribution in [3.63, 3.8) is 0 Å². The first kappa shape index (κ1) is 14.8. The lowest BCUT2D eigenvalue weighted by Gasteiger charge is -2.47. The molecule has 2 atom stereocenters. The van der Waals surface area contributed by atoms with E-state index in [2.05, 4.69) is 13.0 Å². The summed E-state index contributed by atoms with van der Waals surface area (Å²) in [6.45, 7) is 2.74. The van der Waals surface area contributed by atoms with E-state index in [0.29, 0.717) is 19.4 Å². The van der Waals surface area contributed by atoms with Gasteiger partial charge >= 0.3 is 0 Å². The van der Waals surface area contributed by atoms with Crippen LogP contribution >= 0.6 is 0 Å². The fraction of sp³-hybridized carbons (Fsp3) is 0.938. The Morgan fingerprint density at radius 3 is 2.47 bits per heavy atom. The van der Waals surface area contributed by atoms with Crippen molar-refractivity contribution in [2.45, 2.75) is 82.8 Å². The van der Waals surface area contributed by atoms with Crippen LogP contribution < -0.4 is 0 Å². The van der Waals surface area contributed by atoms with Crippen LogP contribution in [0.15, 0.2) is 0 Å². The molecule has 0 bridgehead atoms. The summed E-state index contributed by atoms with van der Waals surface area (Å²) >= 11 is 0. The Bertz CT molecular complexity index is 326. The zero-order valence-corrected chi connectivity index (χ0v) is 12.2. The monoisotopic (exact) mass is 265 g/mol. The Labute approximate surface area is 117 Å². The number of hydrogen-bond donors (Lipinski definition) is 1. The second-order valence-corrected chi connectivity index (χ2v) is 6.38. The van der Waals surface area contributed by atoms with Crippen molar-refractivity contribution < 1.29 is 9.84 Å². The summed E-state index contributed by atoms with van der Waals surface area (Å²) in [5.74, 6) is 0. The average Bonchev–Trinajstić information content (AvgIpc) is 2.66. The summed E-state index contributed by atoms with van der Waals surface area (Å²) in [6.07, 6.45) is 9.75. The number of hydrogen-bond acceptors (Lipinski definition) is 3. The molecule has 1 heterocycles. The van der Waals surface area contributed by atoms with Gasteiger partial charge in [-0.25, -0.2) is 0 Å². The van der Waals surface area contributed by atoms with Gasteiger partial charge in [-0.15, -0.1) is 0 Å². The summed E-state index contributed by atoms with van der Waals surface area (Å²) in [7, 11) is 0. The predicted molar refractivity (Wildman–Crippen MR) is 74.6 cm³/mol. The van der Waals surface area contributed by atoms with E-state index in [1.807, 2.05) is 0 Å². The topological polar surface area (TPSA) is 53.2 Å². The van der Waals surface area contributed by atoms with E-state index in [1.54, 1.807) is 0 Å². The van der Waals surface area contributed by atoms with Crippen LogP contribution in [-0.2, 0) is 4.74 Å². The predicted octanol–water partition coefficient (Wildman–Crippen LogP) is 3.56. The van der Waals surface area contributed by atoms with Gasteiger partial charge in [0.25, 0.3) is 0 Å². The minimum atomic E-state index is -0.829. The van der Waals surface area contributed by atoms with Crippen LogP contribution in [-0.4, -0.2) is 23.4 Å². The maximum absolute atomic E-state index is 11.2. The third-order valence-corrected chi connectivity index (χ3v) is 5.11. The van der Waals surface area contributed by atoms with Gasteiger partial charge in [-0.3, -0.25) is 0 Å². The minimum Gasteiger partial charge on any atom is -0.388 e. The Kier molecular flexibility index (Phi) is 4.86. The van der Waals surface area contributed by atoms with E-state index >= 15 is 0 Å². The molecule has 1 saturated carbocycles. The molecule has 1 saturated heterocycles. The smallest absolute Gasteiger partial charge is 0.0879 e. The van der Waals surface area contributed by atoms with Gasteiger partial charge in [-0.2, -0.15) is 5.26 Å². The van der Waals surface area contributed by atoms with Crippen molar-refractivity contribution in [1.29, 1.82) is 5.26 Å². The molecule has 2 fully saturated rings. The van der Waals surface area contributed by atoms with E-state index in [1.165, 1.54) is 12.8 Å². The molecule has 19 heavy (non-hydrogen) atoms. The zero-order valence-electron chi connectivity index (χ0n) is 12.2.